The van der Waals surface area contributed by atoms with E-state index in [9.17, 15) is 28.0 Å². The minimum absolute atomic E-state index is 0.0316. The Morgan fingerprint density at radius 3 is 2.10 bits per heavy atom. The molecule has 0 saturated heterocycles. The molecule has 0 radical (unpaired) electrons. The fraction of sp³-hybridized carbons (Fsp3) is 0.800. The van der Waals surface area contributed by atoms with Gasteiger partial charge in [-0.1, -0.05) is 60.5 Å². The Labute approximate surface area is 243 Å². The number of ketones is 1. The first-order valence-corrected chi connectivity index (χ1v) is 14.8. The van der Waals surface area contributed by atoms with E-state index in [1.165, 1.54) is 0 Å². The fourth-order valence-electron chi connectivity index (χ4n) is 4.58. The van der Waals surface area contributed by atoms with Crippen LogP contribution in [0.5, 0.6) is 0 Å². The first-order valence-electron chi connectivity index (χ1n) is 14.8. The minimum Gasteiger partial charge on any atom is -0.380 e. The van der Waals surface area contributed by atoms with E-state index in [4.69, 9.17) is 5.73 Å². The van der Waals surface area contributed by atoms with E-state index in [1.54, 1.807) is 0 Å². The Morgan fingerprint density at radius 1 is 1.07 bits per heavy atom. The molecule has 0 aromatic rings. The van der Waals surface area contributed by atoms with Crippen LogP contribution >= 0.6 is 0 Å². The molecule has 2 saturated carbocycles. The first-order chi connectivity index (χ1) is 18.9. The Balaban J connectivity index is 0.000000895. The number of carbonyl (C=O) groups excluding carboxylic acids is 4. The number of hydrogen-bond acceptors (Lipinski definition) is 5. The largest absolute Gasteiger partial charge is 0.380 e. The summed E-state index contributed by atoms with van der Waals surface area (Å²) in [4.78, 5) is 49.7. The molecule has 11 heteroatoms. The van der Waals surface area contributed by atoms with Crippen LogP contribution in [0, 0.1) is 17.3 Å². The Kier molecular flexibility index (Phi) is 14.9. The molecule has 2 aliphatic rings. The SMILES string of the molecule is C=C(CC(C)(C)C)NCC(=O)N(CCCC(C)C)C(F)C(=O)NC(CC1CC1)C(=O)C(N)=O.FC1(F)CCCCC1. The lowest BCUT2D eigenvalue weighted by molar-refractivity contribution is -0.148. The number of nitrogens with two attached hydrogens (primary N) is 1. The number of allylic oxidation sites excluding steroid dienone is 1. The highest BCUT2D eigenvalue weighted by atomic mass is 19.3. The predicted molar refractivity (Wildman–Crippen MR) is 153 cm³/mol. The van der Waals surface area contributed by atoms with Crippen LogP contribution in [0.3, 0.4) is 0 Å². The minimum atomic E-state index is -2.32. The highest BCUT2D eigenvalue weighted by molar-refractivity contribution is 6.37. The smallest absolute Gasteiger partial charge is 0.287 e. The normalized spacial score (nSPS) is 17.9. The number of hydrogen-bond donors (Lipinski definition) is 3. The van der Waals surface area contributed by atoms with Crippen molar-refractivity contribution in [1.29, 1.82) is 0 Å². The van der Waals surface area contributed by atoms with E-state index in [2.05, 4.69) is 17.2 Å². The number of nitrogens with one attached hydrogen (secondary N) is 2. The second-order valence-corrected chi connectivity index (χ2v) is 13.0. The summed E-state index contributed by atoms with van der Waals surface area (Å²) in [5, 5.41) is 5.22. The van der Waals surface area contributed by atoms with Gasteiger partial charge in [-0.3, -0.25) is 19.2 Å². The van der Waals surface area contributed by atoms with Gasteiger partial charge in [0.25, 0.3) is 18.1 Å². The van der Waals surface area contributed by atoms with Crippen molar-refractivity contribution in [3.63, 3.8) is 0 Å². The van der Waals surface area contributed by atoms with Crippen LogP contribution < -0.4 is 16.4 Å². The molecule has 2 rings (SSSR count). The third-order valence-corrected chi connectivity index (χ3v) is 6.95. The number of Topliss-reactive ketones (excluding diaryl/α,β-unsaturated/α-hetero) is 1. The van der Waals surface area contributed by atoms with E-state index >= 15 is 4.39 Å². The molecule has 0 aliphatic heterocycles. The quantitative estimate of drug-likeness (QED) is 0.183. The third-order valence-electron chi connectivity index (χ3n) is 6.95. The zero-order chi connectivity index (χ0) is 31.4. The van der Waals surface area contributed by atoms with E-state index in [-0.39, 0.29) is 43.7 Å². The van der Waals surface area contributed by atoms with E-state index in [0.717, 1.165) is 30.6 Å². The number of carbonyl (C=O) groups is 4. The van der Waals surface area contributed by atoms with Gasteiger partial charge in [0.1, 0.15) is 0 Å². The number of alkyl halides is 3. The van der Waals surface area contributed by atoms with Crippen LogP contribution in [0.15, 0.2) is 12.3 Å². The van der Waals surface area contributed by atoms with Crippen LogP contribution in [0.25, 0.3) is 0 Å². The molecule has 0 heterocycles. The third kappa shape index (κ3) is 15.8. The van der Waals surface area contributed by atoms with Crippen molar-refractivity contribution >= 4 is 23.5 Å². The molecule has 2 unspecified atom stereocenters. The summed E-state index contributed by atoms with van der Waals surface area (Å²) < 4.78 is 39.6. The molecule has 2 fully saturated rings. The summed E-state index contributed by atoms with van der Waals surface area (Å²) >= 11 is 0. The molecule has 4 N–H and O–H groups in total. The summed E-state index contributed by atoms with van der Waals surface area (Å²) in [7, 11) is 0. The lowest BCUT2D eigenvalue weighted by atomic mass is 9.91. The fourth-order valence-corrected chi connectivity index (χ4v) is 4.58. The van der Waals surface area contributed by atoms with Gasteiger partial charge in [0.15, 0.2) is 0 Å². The Bertz CT molecular complexity index is 893. The van der Waals surface area contributed by atoms with E-state index < -0.39 is 41.8 Å². The van der Waals surface area contributed by atoms with Crippen molar-refractivity contribution < 1.29 is 32.3 Å². The molecular weight excluding hydrogens is 537 g/mol. The highest BCUT2D eigenvalue weighted by Crippen LogP contribution is 2.34. The number of primary amides is 1. The maximum absolute atomic E-state index is 15.2. The van der Waals surface area contributed by atoms with Gasteiger partial charge < -0.3 is 21.3 Å². The molecule has 3 amide bonds. The number of amides is 3. The van der Waals surface area contributed by atoms with Crippen molar-refractivity contribution in [2.75, 3.05) is 13.1 Å². The lowest BCUT2D eigenvalue weighted by Crippen LogP contribution is -2.54. The molecule has 0 spiro atoms. The van der Waals surface area contributed by atoms with Crippen molar-refractivity contribution in [1.82, 2.24) is 15.5 Å². The van der Waals surface area contributed by atoms with Crippen LogP contribution in [0.4, 0.5) is 13.2 Å². The summed E-state index contributed by atoms with van der Waals surface area (Å²) in [6, 6.07) is -1.18. The van der Waals surface area contributed by atoms with Crippen LogP contribution in [0.1, 0.15) is 105 Å². The van der Waals surface area contributed by atoms with Gasteiger partial charge in [-0.25, -0.2) is 13.2 Å². The van der Waals surface area contributed by atoms with Crippen LogP contribution in [-0.4, -0.2) is 59.8 Å². The number of rotatable bonds is 15. The van der Waals surface area contributed by atoms with Gasteiger partial charge in [0.2, 0.25) is 17.6 Å². The average molecular weight is 589 g/mol. The van der Waals surface area contributed by atoms with Gasteiger partial charge in [-0.05, 0) is 55.8 Å². The van der Waals surface area contributed by atoms with Gasteiger partial charge >= 0.3 is 0 Å². The van der Waals surface area contributed by atoms with Crippen molar-refractivity contribution in [3.05, 3.63) is 12.3 Å². The summed E-state index contributed by atoms with van der Waals surface area (Å²) in [6.45, 7) is 13.9. The van der Waals surface area contributed by atoms with Gasteiger partial charge in [-0.2, -0.15) is 0 Å². The van der Waals surface area contributed by atoms with E-state index in [1.807, 2.05) is 34.6 Å². The van der Waals surface area contributed by atoms with Crippen LogP contribution in [-0.2, 0) is 19.2 Å². The molecule has 0 bridgehead atoms. The average Bonchev–Trinajstić information content (AvgIpc) is 3.67. The standard InChI is InChI=1S/C24H41FN4O4.C6H10F2/c1-15(2)8-7-11-29(19(30)14-27-16(3)13-24(4,5)6)21(25)23(33)28-18(12-17-9-10-17)20(31)22(26)32;7-6(8)4-2-1-3-5-6/h15,17-18,21,27H,3,7-14H2,1-2,4-6H3,(H2,26,32)(H,28,33);1-5H2. The zero-order valence-electron chi connectivity index (χ0n) is 25.5. The van der Waals surface area contributed by atoms with Crippen molar-refractivity contribution in [3.8, 4) is 0 Å². The zero-order valence-corrected chi connectivity index (χ0v) is 25.5. The lowest BCUT2D eigenvalue weighted by Gasteiger charge is -2.28. The molecule has 2 atom stereocenters. The number of halogens is 3. The molecule has 8 nitrogen and oxygen atoms in total. The number of nitrogens with zero attached hydrogens (tertiary/aromatic N) is 1. The second kappa shape index (κ2) is 16.8. The Morgan fingerprint density at radius 2 is 1.66 bits per heavy atom. The van der Waals surface area contributed by atoms with Crippen molar-refractivity contribution in [2.24, 2.45) is 23.0 Å². The van der Waals surface area contributed by atoms with Gasteiger partial charge in [-0.15, -0.1) is 0 Å². The maximum atomic E-state index is 15.2. The van der Waals surface area contributed by atoms with Gasteiger partial charge in [0.05, 0.1) is 12.6 Å². The predicted octanol–water partition coefficient (Wildman–Crippen LogP) is 5.01. The second-order valence-electron chi connectivity index (χ2n) is 13.0. The molecule has 0 aromatic heterocycles. The summed E-state index contributed by atoms with van der Waals surface area (Å²) in [5.74, 6) is -5.62. The molecule has 0 aromatic carbocycles. The van der Waals surface area contributed by atoms with Gasteiger partial charge in [0, 0.05) is 25.1 Å². The van der Waals surface area contributed by atoms with Crippen LogP contribution in [0.2, 0.25) is 0 Å². The summed E-state index contributed by atoms with van der Waals surface area (Å²) in [6.07, 6.45) is 4.27. The van der Waals surface area contributed by atoms with E-state index in [0.29, 0.717) is 37.3 Å². The highest BCUT2D eigenvalue weighted by Gasteiger charge is 2.36. The maximum Gasteiger partial charge on any atom is 0.287 e. The molecule has 2 aliphatic carbocycles. The van der Waals surface area contributed by atoms with Crippen molar-refractivity contribution in [2.45, 2.75) is 124 Å². The molecule has 41 heavy (non-hydrogen) atoms. The molecular formula is C30H51F3N4O4. The first kappa shape index (κ1) is 36.4. The summed E-state index contributed by atoms with van der Waals surface area (Å²) in [5.41, 5.74) is 5.70. The molecule has 236 valence electrons. The topological polar surface area (TPSA) is 122 Å². The Hall–Kier alpha value is -2.59. The monoisotopic (exact) mass is 588 g/mol.